The van der Waals surface area contributed by atoms with Crippen LogP contribution < -0.4 is 0 Å². The Morgan fingerprint density at radius 1 is 1.00 bits per heavy atom. The van der Waals surface area contributed by atoms with Crippen LogP contribution in [0.5, 0.6) is 0 Å². The Bertz CT molecular complexity index is 8.00. The topological polar surface area (TPSA) is 31.5 Å². The van der Waals surface area contributed by atoms with Crippen LogP contribution >= 0.6 is 0 Å². The molecule has 0 fully saturated rings. The van der Waals surface area contributed by atoms with E-state index in [1.807, 2.05) is 0 Å². The maximum absolute atomic E-state index is 0. The molecular formula is H6BaCaOTi. The average molecular weight is 247 g/mol. The van der Waals surface area contributed by atoms with Crippen molar-refractivity contribution in [3.8, 4) is 0 Å². The van der Waals surface area contributed by atoms with Crippen LogP contribution in [0.4, 0.5) is 0 Å². The van der Waals surface area contributed by atoms with Gasteiger partial charge < -0.3 is 5.48 Å². The summed E-state index contributed by atoms with van der Waals surface area (Å²) in [5, 5.41) is 0. The van der Waals surface area contributed by atoms with Gasteiger partial charge in [-0.3, -0.25) is 0 Å². The van der Waals surface area contributed by atoms with Crippen molar-refractivity contribution in [1.82, 2.24) is 0 Å². The number of hydrogen-bond acceptors (Lipinski definition) is 0. The van der Waals surface area contributed by atoms with Crippen molar-refractivity contribution in [2.24, 2.45) is 0 Å². The smallest absolute Gasteiger partial charge is 0 e. The van der Waals surface area contributed by atoms with Crippen molar-refractivity contribution in [3.05, 3.63) is 0 Å². The molecule has 20 valence electrons. The van der Waals surface area contributed by atoms with Crippen LogP contribution in [-0.2, 0) is 21.7 Å². The molecule has 0 spiro atoms. The van der Waals surface area contributed by atoms with E-state index in [0.717, 1.165) is 0 Å². The maximum Gasteiger partial charge on any atom is 0 e. The van der Waals surface area contributed by atoms with E-state index >= 15 is 0 Å². The summed E-state index contributed by atoms with van der Waals surface area (Å²) < 4.78 is 0. The van der Waals surface area contributed by atoms with Gasteiger partial charge >= 0.3 is 86.6 Å². The van der Waals surface area contributed by atoms with Gasteiger partial charge in [0.2, 0.25) is 0 Å². The molecule has 0 aromatic heterocycles. The zero-order valence-corrected chi connectivity index (χ0v) is 2.56. The molecule has 0 heterocycles. The molecular weight excluding hydrogens is 241 g/mol. The molecule has 0 amide bonds. The Kier molecular flexibility index (Phi) is 104. The first-order chi connectivity index (χ1) is 0. The van der Waals surface area contributed by atoms with Crippen LogP contribution in [0.15, 0.2) is 0 Å². The van der Waals surface area contributed by atoms with Crippen molar-refractivity contribution in [1.29, 1.82) is 0 Å². The van der Waals surface area contributed by atoms with Crippen LogP contribution in [0.2, 0.25) is 0 Å². The predicted octanol–water partition coefficient (Wildman–Crippen LogP) is -2.66. The Hall–Kier alpha value is 3.51. The maximum atomic E-state index is 0. The molecule has 4 heavy (non-hydrogen) atoms. The molecule has 0 saturated carbocycles. The molecule has 0 saturated heterocycles. The fourth-order valence-electron chi connectivity index (χ4n) is 0. The van der Waals surface area contributed by atoms with E-state index in [1.54, 1.807) is 0 Å². The average Bonchev–Trinajstić information content (AvgIpc) is 0. The minimum atomic E-state index is 0. The summed E-state index contributed by atoms with van der Waals surface area (Å²) in [6.07, 6.45) is 0. The SMILES string of the molecule is O.[BaH2].[CaH2].[Ti]. The van der Waals surface area contributed by atoms with Crippen molar-refractivity contribution < 1.29 is 27.2 Å². The Balaban J connectivity index is 0. The van der Waals surface area contributed by atoms with Crippen LogP contribution in [-0.4, -0.2) is 92.1 Å². The van der Waals surface area contributed by atoms with Gasteiger partial charge in [0.15, 0.2) is 0 Å². The fourth-order valence-corrected chi connectivity index (χ4v) is 0. The van der Waals surface area contributed by atoms with E-state index in [2.05, 4.69) is 0 Å². The molecule has 2 N–H and O–H groups in total. The molecule has 0 aromatic carbocycles. The molecule has 0 radical (unpaired) electrons. The molecule has 4 heteroatoms. The van der Waals surface area contributed by atoms with Crippen molar-refractivity contribution in [2.75, 3.05) is 0 Å². The normalized spacial score (nSPS) is 0. The van der Waals surface area contributed by atoms with E-state index in [-0.39, 0.29) is 114 Å². The van der Waals surface area contributed by atoms with Gasteiger partial charge in [0.25, 0.3) is 0 Å². The van der Waals surface area contributed by atoms with Gasteiger partial charge in [0, 0.05) is 21.7 Å². The van der Waals surface area contributed by atoms with E-state index in [4.69, 9.17) is 0 Å². The summed E-state index contributed by atoms with van der Waals surface area (Å²) in [4.78, 5) is 0. The monoisotopic (exact) mass is 248 g/mol. The molecule has 0 atom stereocenters. The summed E-state index contributed by atoms with van der Waals surface area (Å²) in [7, 11) is 0. The second kappa shape index (κ2) is 16.0. The molecule has 0 aliphatic carbocycles. The van der Waals surface area contributed by atoms with Gasteiger partial charge in [-0.05, 0) is 0 Å². The zero-order valence-electron chi connectivity index (χ0n) is 1.00. The third-order valence-electron chi connectivity index (χ3n) is 0. The third-order valence-corrected chi connectivity index (χ3v) is 0. The van der Waals surface area contributed by atoms with Crippen LogP contribution in [0, 0.1) is 0 Å². The molecule has 1 nitrogen and oxygen atoms in total. The van der Waals surface area contributed by atoms with Crippen LogP contribution in [0.25, 0.3) is 0 Å². The second-order valence-electron chi connectivity index (χ2n) is 0. The summed E-state index contributed by atoms with van der Waals surface area (Å²) in [6.45, 7) is 0. The van der Waals surface area contributed by atoms with Crippen molar-refractivity contribution in [3.63, 3.8) is 0 Å². The molecule has 0 unspecified atom stereocenters. The van der Waals surface area contributed by atoms with E-state index in [1.165, 1.54) is 0 Å². The van der Waals surface area contributed by atoms with Gasteiger partial charge in [-0.15, -0.1) is 0 Å². The molecule has 0 aliphatic rings. The van der Waals surface area contributed by atoms with Gasteiger partial charge in [0.05, 0.1) is 0 Å². The quantitative estimate of drug-likeness (QED) is 0.419. The standard InChI is InChI=1S/Ba.Ca.H2O.Ti.4H/h;;1H2;;;;;. The minimum Gasteiger partial charge on any atom is 0 e. The Labute approximate surface area is 111 Å². The van der Waals surface area contributed by atoms with Crippen molar-refractivity contribution >= 4 is 86.6 Å². The zero-order chi connectivity index (χ0) is 0. The molecule has 0 aromatic rings. The Morgan fingerprint density at radius 2 is 1.00 bits per heavy atom. The van der Waals surface area contributed by atoms with Gasteiger partial charge in [0.1, 0.15) is 0 Å². The second-order valence-corrected chi connectivity index (χ2v) is 0. The summed E-state index contributed by atoms with van der Waals surface area (Å²) >= 11 is 0. The Morgan fingerprint density at radius 3 is 1.00 bits per heavy atom. The third kappa shape index (κ3) is 9.09. The molecule has 0 aliphatic heterocycles. The first-order valence-electron chi connectivity index (χ1n) is 0. The summed E-state index contributed by atoms with van der Waals surface area (Å²) in [5.41, 5.74) is 0. The van der Waals surface area contributed by atoms with Crippen LogP contribution in [0.1, 0.15) is 0 Å². The first kappa shape index (κ1) is 25.8. The fraction of sp³-hybridized carbons (Fsp3) is 0. The van der Waals surface area contributed by atoms with Gasteiger partial charge in [-0.25, -0.2) is 0 Å². The molecule has 0 rings (SSSR count). The first-order valence-corrected chi connectivity index (χ1v) is 0. The van der Waals surface area contributed by atoms with E-state index in [0.29, 0.717) is 0 Å². The number of hydrogen-bond donors (Lipinski definition) is 0. The largest absolute Gasteiger partial charge is 0 e. The van der Waals surface area contributed by atoms with Crippen LogP contribution in [0.3, 0.4) is 0 Å². The molecule has 0 bridgehead atoms. The van der Waals surface area contributed by atoms with Gasteiger partial charge in [-0.1, -0.05) is 0 Å². The number of rotatable bonds is 0. The predicted molar refractivity (Wildman–Crippen MR) is 20.7 cm³/mol. The summed E-state index contributed by atoms with van der Waals surface area (Å²) in [5.74, 6) is 0. The minimum absolute atomic E-state index is 0. The van der Waals surface area contributed by atoms with E-state index < -0.39 is 0 Å². The van der Waals surface area contributed by atoms with Crippen molar-refractivity contribution in [2.45, 2.75) is 0 Å². The van der Waals surface area contributed by atoms with Gasteiger partial charge in [-0.2, -0.15) is 0 Å². The van der Waals surface area contributed by atoms with E-state index in [9.17, 15) is 0 Å². The summed E-state index contributed by atoms with van der Waals surface area (Å²) in [6, 6.07) is 0.